The van der Waals surface area contributed by atoms with E-state index < -0.39 is 12.0 Å². The van der Waals surface area contributed by atoms with Crippen molar-refractivity contribution in [3.05, 3.63) is 23.8 Å². The van der Waals surface area contributed by atoms with Crippen LogP contribution in [0.4, 0.5) is 11.4 Å². The number of nitrogen functional groups attached to an aromatic ring is 1. The van der Waals surface area contributed by atoms with Crippen molar-refractivity contribution >= 4 is 23.3 Å². The fourth-order valence-electron chi connectivity index (χ4n) is 2.35. The van der Waals surface area contributed by atoms with Crippen LogP contribution in [0.2, 0.25) is 0 Å². The Labute approximate surface area is 122 Å². The summed E-state index contributed by atoms with van der Waals surface area (Å²) in [6, 6.07) is 4.27. The van der Waals surface area contributed by atoms with E-state index in [1.54, 1.807) is 12.1 Å². The maximum absolute atomic E-state index is 12.1. The standard InChI is InChI=1S/C14H19N3O4/c1-2-16-13(18)12-8-21-6-5-17(12)9-3-4-10(14(19)20)11(15)7-9/h3-4,7,12H,2,5-6,8,15H2,1H3,(H,16,18)(H,19,20). The van der Waals surface area contributed by atoms with E-state index in [9.17, 15) is 9.59 Å². The summed E-state index contributed by atoms with van der Waals surface area (Å²) in [5.41, 5.74) is 6.73. The first-order valence-corrected chi connectivity index (χ1v) is 6.79. The second-order valence-corrected chi connectivity index (χ2v) is 4.76. The molecule has 0 spiro atoms. The van der Waals surface area contributed by atoms with Gasteiger partial charge in [0.2, 0.25) is 5.91 Å². The lowest BCUT2D eigenvalue weighted by atomic mass is 10.1. The first-order valence-electron chi connectivity index (χ1n) is 6.79. The number of hydrogen-bond donors (Lipinski definition) is 3. The molecule has 1 amide bonds. The van der Waals surface area contributed by atoms with Crippen molar-refractivity contribution in [2.75, 3.05) is 36.9 Å². The zero-order chi connectivity index (χ0) is 15.4. The average molecular weight is 293 g/mol. The van der Waals surface area contributed by atoms with E-state index in [2.05, 4.69) is 5.32 Å². The van der Waals surface area contributed by atoms with Gasteiger partial charge in [-0.05, 0) is 25.1 Å². The minimum Gasteiger partial charge on any atom is -0.478 e. The summed E-state index contributed by atoms with van der Waals surface area (Å²) in [6.45, 7) is 3.76. The summed E-state index contributed by atoms with van der Waals surface area (Å²) in [6.07, 6.45) is 0. The van der Waals surface area contributed by atoms with Crippen molar-refractivity contribution in [2.24, 2.45) is 0 Å². The van der Waals surface area contributed by atoms with Gasteiger partial charge < -0.3 is 25.8 Å². The van der Waals surface area contributed by atoms with Crippen LogP contribution in [0.3, 0.4) is 0 Å². The van der Waals surface area contributed by atoms with Gasteiger partial charge in [-0.2, -0.15) is 0 Å². The van der Waals surface area contributed by atoms with Crippen molar-refractivity contribution in [1.29, 1.82) is 0 Å². The second kappa shape index (κ2) is 6.45. The van der Waals surface area contributed by atoms with E-state index in [4.69, 9.17) is 15.6 Å². The first kappa shape index (κ1) is 15.1. The van der Waals surface area contributed by atoms with Gasteiger partial charge in [0.25, 0.3) is 0 Å². The van der Waals surface area contributed by atoms with Crippen molar-refractivity contribution in [3.8, 4) is 0 Å². The van der Waals surface area contributed by atoms with Crippen molar-refractivity contribution in [1.82, 2.24) is 5.32 Å². The molecular formula is C14H19N3O4. The van der Waals surface area contributed by atoms with E-state index >= 15 is 0 Å². The molecule has 1 aromatic rings. The Morgan fingerprint density at radius 2 is 2.29 bits per heavy atom. The fourth-order valence-corrected chi connectivity index (χ4v) is 2.35. The second-order valence-electron chi connectivity index (χ2n) is 4.76. The van der Waals surface area contributed by atoms with Gasteiger partial charge in [0.1, 0.15) is 6.04 Å². The number of morpholine rings is 1. The lowest BCUT2D eigenvalue weighted by molar-refractivity contribution is -0.124. The summed E-state index contributed by atoms with van der Waals surface area (Å²) in [7, 11) is 0. The predicted octanol–water partition coefficient (Wildman–Crippen LogP) is 0.308. The number of carbonyl (C=O) groups is 2. The number of rotatable bonds is 4. The molecule has 1 aromatic carbocycles. The zero-order valence-corrected chi connectivity index (χ0v) is 11.8. The van der Waals surface area contributed by atoms with Gasteiger partial charge in [0, 0.05) is 24.5 Å². The summed E-state index contributed by atoms with van der Waals surface area (Å²) in [5, 5.41) is 11.8. The third-order valence-electron chi connectivity index (χ3n) is 3.38. The van der Waals surface area contributed by atoms with Gasteiger partial charge in [-0.1, -0.05) is 0 Å². The van der Waals surface area contributed by atoms with Crippen LogP contribution in [0.5, 0.6) is 0 Å². The van der Waals surface area contributed by atoms with Crippen LogP contribution in [0.1, 0.15) is 17.3 Å². The van der Waals surface area contributed by atoms with Crippen LogP contribution < -0.4 is 16.0 Å². The minimum absolute atomic E-state index is 0.0570. The zero-order valence-electron chi connectivity index (χ0n) is 11.8. The van der Waals surface area contributed by atoms with Gasteiger partial charge in [-0.25, -0.2) is 4.79 Å². The molecule has 1 saturated heterocycles. The largest absolute Gasteiger partial charge is 0.478 e. The molecule has 114 valence electrons. The van der Waals surface area contributed by atoms with E-state index in [1.165, 1.54) is 6.07 Å². The molecule has 1 heterocycles. The van der Waals surface area contributed by atoms with E-state index in [0.717, 1.165) is 5.69 Å². The minimum atomic E-state index is -1.07. The highest BCUT2D eigenvalue weighted by atomic mass is 16.5. The number of amides is 1. The maximum atomic E-state index is 12.1. The quantitative estimate of drug-likeness (QED) is 0.690. The number of ether oxygens (including phenoxy) is 1. The van der Waals surface area contributed by atoms with Crippen LogP contribution in [0.15, 0.2) is 18.2 Å². The molecule has 1 fully saturated rings. The van der Waals surface area contributed by atoms with Gasteiger partial charge in [-0.3, -0.25) is 4.79 Å². The number of carboxylic acid groups (broad SMARTS) is 1. The SMILES string of the molecule is CCNC(=O)C1COCCN1c1ccc(C(=O)O)c(N)c1. The van der Waals surface area contributed by atoms with Crippen molar-refractivity contribution < 1.29 is 19.4 Å². The van der Waals surface area contributed by atoms with E-state index in [1.807, 2.05) is 11.8 Å². The molecule has 21 heavy (non-hydrogen) atoms. The molecule has 0 aromatic heterocycles. The highest BCUT2D eigenvalue weighted by molar-refractivity contribution is 5.94. The van der Waals surface area contributed by atoms with Crippen molar-refractivity contribution in [3.63, 3.8) is 0 Å². The summed E-state index contributed by atoms with van der Waals surface area (Å²) in [5.74, 6) is -1.18. The molecule has 0 aliphatic carbocycles. The third kappa shape index (κ3) is 3.25. The van der Waals surface area contributed by atoms with Gasteiger partial charge in [-0.15, -0.1) is 0 Å². The Morgan fingerprint density at radius 3 is 2.90 bits per heavy atom. The molecule has 1 aliphatic rings. The number of aromatic carboxylic acids is 1. The molecule has 2 rings (SSSR count). The van der Waals surface area contributed by atoms with E-state index in [0.29, 0.717) is 26.3 Å². The third-order valence-corrected chi connectivity index (χ3v) is 3.38. The smallest absolute Gasteiger partial charge is 0.337 e. The Bertz CT molecular complexity index is 547. The number of nitrogens with one attached hydrogen (secondary N) is 1. The summed E-state index contributed by atoms with van der Waals surface area (Å²) in [4.78, 5) is 25.0. The molecule has 1 aliphatic heterocycles. The Kier molecular flexibility index (Phi) is 4.64. The van der Waals surface area contributed by atoms with Gasteiger partial charge >= 0.3 is 5.97 Å². The summed E-state index contributed by atoms with van der Waals surface area (Å²) >= 11 is 0. The Morgan fingerprint density at radius 1 is 1.52 bits per heavy atom. The highest BCUT2D eigenvalue weighted by Gasteiger charge is 2.29. The first-order chi connectivity index (χ1) is 10.0. The molecule has 1 atom stereocenters. The van der Waals surface area contributed by atoms with Crippen LogP contribution in [-0.4, -0.2) is 49.3 Å². The maximum Gasteiger partial charge on any atom is 0.337 e. The topological polar surface area (TPSA) is 105 Å². The molecule has 0 saturated carbocycles. The number of nitrogens with zero attached hydrogens (tertiary/aromatic N) is 1. The molecular weight excluding hydrogens is 274 g/mol. The number of nitrogens with two attached hydrogens (primary N) is 1. The van der Waals surface area contributed by atoms with Crippen LogP contribution in [-0.2, 0) is 9.53 Å². The van der Waals surface area contributed by atoms with E-state index in [-0.39, 0.29) is 17.2 Å². The number of benzene rings is 1. The lowest BCUT2D eigenvalue weighted by Crippen LogP contribution is -2.54. The Hall–Kier alpha value is -2.28. The van der Waals surface area contributed by atoms with Crippen LogP contribution in [0.25, 0.3) is 0 Å². The van der Waals surface area contributed by atoms with Gasteiger partial charge in [0.05, 0.1) is 18.8 Å². The number of likely N-dealkylation sites (N-methyl/N-ethyl adjacent to an activating group) is 1. The fraction of sp³-hybridized carbons (Fsp3) is 0.429. The number of carboxylic acids is 1. The highest BCUT2D eigenvalue weighted by Crippen LogP contribution is 2.25. The monoisotopic (exact) mass is 293 g/mol. The normalized spacial score (nSPS) is 18.3. The number of carbonyl (C=O) groups excluding carboxylic acids is 1. The Balaban J connectivity index is 2.27. The molecule has 0 radical (unpaired) electrons. The van der Waals surface area contributed by atoms with Crippen molar-refractivity contribution in [2.45, 2.75) is 13.0 Å². The number of hydrogen-bond acceptors (Lipinski definition) is 5. The molecule has 1 unspecified atom stereocenters. The summed E-state index contributed by atoms with van der Waals surface area (Å²) < 4.78 is 5.37. The molecule has 7 nitrogen and oxygen atoms in total. The molecule has 4 N–H and O–H groups in total. The van der Waals surface area contributed by atoms with Gasteiger partial charge in [0.15, 0.2) is 0 Å². The predicted molar refractivity (Wildman–Crippen MR) is 78.5 cm³/mol. The number of anilines is 2. The average Bonchev–Trinajstić information content (AvgIpc) is 2.47. The van der Waals surface area contributed by atoms with Crippen LogP contribution in [0, 0.1) is 0 Å². The lowest BCUT2D eigenvalue weighted by Gasteiger charge is -2.36. The van der Waals surface area contributed by atoms with Crippen LogP contribution >= 0.6 is 0 Å². The molecule has 7 heteroatoms. The molecule has 0 bridgehead atoms.